The quantitative estimate of drug-likeness (QED) is 0.286. The molecule has 4 aliphatic heterocycles. The second-order valence-electron chi connectivity index (χ2n) is 14.9. The van der Waals surface area contributed by atoms with Gasteiger partial charge in [0, 0.05) is 100 Å². The van der Waals surface area contributed by atoms with E-state index in [1.54, 1.807) is 12.1 Å². The zero-order valence-electron chi connectivity index (χ0n) is 29.6. The smallest absolute Gasteiger partial charge is 0.251 e. The van der Waals surface area contributed by atoms with Gasteiger partial charge in [-0.1, -0.05) is 26.0 Å². The monoisotopic (exact) mass is 694 g/mol. The van der Waals surface area contributed by atoms with E-state index in [0.29, 0.717) is 64.4 Å². The summed E-state index contributed by atoms with van der Waals surface area (Å²) in [6, 6.07) is 8.35. The molecule has 1 unspecified atom stereocenters. The lowest BCUT2D eigenvalue weighted by molar-refractivity contribution is -0.139. The minimum atomic E-state index is -0.574. The van der Waals surface area contributed by atoms with Crippen LogP contribution in [0, 0.1) is 5.82 Å². The van der Waals surface area contributed by atoms with Gasteiger partial charge in [0.15, 0.2) is 0 Å². The number of H-pyrrole nitrogens is 1. The predicted octanol–water partition coefficient (Wildman–Crippen LogP) is 0.0286. The highest BCUT2D eigenvalue weighted by molar-refractivity contribution is 5.97. The molecule has 1 aromatic heterocycles. The average Bonchev–Trinajstić information content (AvgIpc) is 3.36. The first-order valence-electron chi connectivity index (χ1n) is 17.8. The number of aromatic nitrogens is 1. The summed E-state index contributed by atoms with van der Waals surface area (Å²) in [7, 11) is 0. The van der Waals surface area contributed by atoms with Crippen LogP contribution in [0.5, 0.6) is 0 Å². The van der Waals surface area contributed by atoms with Crippen LogP contribution in [0.1, 0.15) is 44.5 Å². The van der Waals surface area contributed by atoms with Crippen molar-refractivity contribution in [1.82, 2.24) is 35.6 Å². The third-order valence-electron chi connectivity index (χ3n) is 10.5. The molecule has 3 fully saturated rings. The number of nitrogens with zero attached hydrogens (tertiary/aromatic N) is 4. The molecule has 50 heavy (non-hydrogen) atoms. The topological polar surface area (TPSA) is 142 Å². The third-order valence-corrected chi connectivity index (χ3v) is 10.5. The normalized spacial score (nSPS) is 25.7. The number of carbonyl (C=O) groups excluding carboxylic acids is 3. The van der Waals surface area contributed by atoms with Crippen LogP contribution in [0.15, 0.2) is 35.1 Å². The number of halogens is 1. The number of ether oxygens (including phenoxy) is 1. The molecule has 5 heterocycles. The van der Waals surface area contributed by atoms with Crippen LogP contribution in [0.4, 0.5) is 10.1 Å². The molecule has 0 aliphatic carbocycles. The molecule has 2 aromatic rings. The summed E-state index contributed by atoms with van der Waals surface area (Å²) >= 11 is 0. The van der Waals surface area contributed by atoms with Gasteiger partial charge in [0.05, 0.1) is 25.4 Å². The van der Waals surface area contributed by atoms with E-state index >= 15 is 0 Å². The summed E-state index contributed by atoms with van der Waals surface area (Å²) < 4.78 is 19.0. The first kappa shape index (κ1) is 36.1. The number of morpholine rings is 1. The Morgan fingerprint density at radius 2 is 1.82 bits per heavy atom. The predicted molar refractivity (Wildman–Crippen MR) is 188 cm³/mol. The first-order chi connectivity index (χ1) is 23.9. The lowest BCUT2D eigenvalue weighted by atomic mass is 9.91. The van der Waals surface area contributed by atoms with Gasteiger partial charge in [-0.05, 0) is 37.6 Å². The van der Waals surface area contributed by atoms with Crippen LogP contribution in [0.25, 0.3) is 0 Å². The minimum absolute atomic E-state index is 0.0179. The van der Waals surface area contributed by atoms with Crippen LogP contribution in [0.3, 0.4) is 0 Å². The maximum absolute atomic E-state index is 14.1. The number of fused-ring (bicyclic) bond motifs is 1. The Bertz CT molecular complexity index is 1610. The highest BCUT2D eigenvalue weighted by Gasteiger charge is 2.41. The molecule has 1 aromatic carbocycles. The van der Waals surface area contributed by atoms with Crippen LogP contribution in [-0.4, -0.2) is 140 Å². The van der Waals surface area contributed by atoms with Crippen molar-refractivity contribution < 1.29 is 23.5 Å². The molecule has 4 aliphatic rings. The van der Waals surface area contributed by atoms with E-state index in [4.69, 9.17) is 4.74 Å². The summed E-state index contributed by atoms with van der Waals surface area (Å²) in [5.74, 6) is -0.727. The van der Waals surface area contributed by atoms with Crippen molar-refractivity contribution in [3.05, 3.63) is 63.3 Å². The Morgan fingerprint density at radius 3 is 2.54 bits per heavy atom. The molecule has 4 atom stereocenters. The van der Waals surface area contributed by atoms with Crippen molar-refractivity contribution in [3.63, 3.8) is 0 Å². The molecule has 0 bridgehead atoms. The Balaban J connectivity index is 1.07. The maximum Gasteiger partial charge on any atom is 0.251 e. The van der Waals surface area contributed by atoms with Gasteiger partial charge < -0.3 is 35.5 Å². The summed E-state index contributed by atoms with van der Waals surface area (Å²) in [6.07, 6.45) is -0.239. The Morgan fingerprint density at radius 1 is 1.04 bits per heavy atom. The van der Waals surface area contributed by atoms with Crippen molar-refractivity contribution in [2.75, 3.05) is 83.5 Å². The lowest BCUT2D eigenvalue weighted by Gasteiger charge is -2.45. The van der Waals surface area contributed by atoms with Gasteiger partial charge in [-0.2, -0.15) is 0 Å². The first-order valence-corrected chi connectivity index (χ1v) is 17.8. The van der Waals surface area contributed by atoms with Gasteiger partial charge in [0.2, 0.25) is 11.8 Å². The molecule has 0 radical (unpaired) electrons. The summed E-state index contributed by atoms with van der Waals surface area (Å²) in [5, 5.41) is 9.44. The van der Waals surface area contributed by atoms with Gasteiger partial charge in [-0.3, -0.25) is 29.0 Å². The number of nitrogens with one attached hydrogen (secondary N) is 4. The van der Waals surface area contributed by atoms with Gasteiger partial charge in [0.1, 0.15) is 11.9 Å². The van der Waals surface area contributed by atoms with E-state index in [-0.39, 0.29) is 60.3 Å². The Hall–Kier alpha value is -3.69. The number of rotatable bonds is 9. The Labute approximate surface area is 292 Å². The molecule has 0 saturated carbocycles. The van der Waals surface area contributed by atoms with Crippen molar-refractivity contribution in [3.8, 4) is 0 Å². The summed E-state index contributed by atoms with van der Waals surface area (Å²) in [5.41, 5.74) is 2.21. The standard InChI is InChI=1S/C36H51FN8O5/c1-23-18-44(21-32(47)45-22-36(3,4)33-29(45)14-26(34(48)41-33)13-25-5-7-27(37)8-6-25)28(15-39-23)20-42-10-11-43(19-24(42)2)31(46)17-40-35(49)30-16-38-9-12-50-30/h5-8,14,23-24,28,30,38-39H,9-13,15-22H2,1-4H3,(H,40,49)(H,41,48)/t23-,24-,28-,30?/m1/s1. The van der Waals surface area contributed by atoms with E-state index in [1.165, 1.54) is 12.1 Å². The fourth-order valence-electron chi connectivity index (χ4n) is 7.58. The summed E-state index contributed by atoms with van der Waals surface area (Å²) in [6.45, 7) is 14.6. The van der Waals surface area contributed by atoms with Crippen molar-refractivity contribution in [1.29, 1.82) is 0 Å². The number of benzene rings is 1. The fourth-order valence-corrected chi connectivity index (χ4v) is 7.58. The molecular formula is C36H51FN8O5. The van der Waals surface area contributed by atoms with E-state index in [0.717, 1.165) is 30.0 Å². The van der Waals surface area contributed by atoms with Crippen molar-refractivity contribution in [2.24, 2.45) is 0 Å². The van der Waals surface area contributed by atoms with Gasteiger partial charge in [-0.15, -0.1) is 0 Å². The van der Waals surface area contributed by atoms with Gasteiger partial charge in [0.25, 0.3) is 11.5 Å². The number of pyridine rings is 1. The molecular weight excluding hydrogens is 643 g/mol. The fraction of sp³-hybridized carbons (Fsp3) is 0.611. The van der Waals surface area contributed by atoms with E-state index in [2.05, 4.69) is 44.6 Å². The van der Waals surface area contributed by atoms with Crippen molar-refractivity contribution >= 4 is 23.4 Å². The van der Waals surface area contributed by atoms with E-state index < -0.39 is 11.5 Å². The minimum Gasteiger partial charge on any atom is -0.366 e. The number of carbonyl (C=O) groups is 3. The second kappa shape index (κ2) is 15.3. The molecule has 0 spiro atoms. The van der Waals surface area contributed by atoms with Crippen LogP contribution < -0.4 is 26.4 Å². The number of amides is 3. The molecule has 4 N–H and O–H groups in total. The van der Waals surface area contributed by atoms with Gasteiger partial charge >= 0.3 is 0 Å². The zero-order valence-corrected chi connectivity index (χ0v) is 29.6. The molecule has 3 amide bonds. The van der Waals surface area contributed by atoms with Gasteiger partial charge in [-0.25, -0.2) is 4.39 Å². The molecule has 3 saturated heterocycles. The van der Waals surface area contributed by atoms with Crippen LogP contribution in [-0.2, 0) is 31.0 Å². The second-order valence-corrected chi connectivity index (χ2v) is 14.9. The molecule has 14 heteroatoms. The molecule has 272 valence electrons. The zero-order chi connectivity index (χ0) is 35.6. The van der Waals surface area contributed by atoms with E-state index in [9.17, 15) is 23.6 Å². The van der Waals surface area contributed by atoms with Crippen LogP contribution >= 0.6 is 0 Å². The third kappa shape index (κ3) is 8.26. The number of hydrogen-bond acceptors (Lipinski definition) is 9. The number of hydrogen-bond donors (Lipinski definition) is 4. The number of aromatic amines is 1. The Kier molecular flexibility index (Phi) is 11.0. The SMILES string of the molecule is C[C@@H]1CN(CC(=O)N2CC(C)(C)c3[nH]c(=O)c(Cc4ccc(F)cc4)cc32)[C@@H](CN2CCN(C(=O)CNC(=O)C3CNCCO3)C[C@H]2C)CN1. The lowest BCUT2D eigenvalue weighted by Crippen LogP contribution is -2.63. The van der Waals surface area contributed by atoms with E-state index in [1.807, 2.05) is 29.7 Å². The number of piperazine rings is 2. The highest BCUT2D eigenvalue weighted by atomic mass is 19.1. The highest BCUT2D eigenvalue weighted by Crippen LogP contribution is 2.39. The summed E-state index contributed by atoms with van der Waals surface area (Å²) in [4.78, 5) is 64.0. The largest absolute Gasteiger partial charge is 0.366 e. The maximum atomic E-state index is 14.1. The van der Waals surface area contributed by atoms with Crippen molar-refractivity contribution in [2.45, 2.75) is 63.8 Å². The van der Waals surface area contributed by atoms with Crippen LogP contribution in [0.2, 0.25) is 0 Å². The molecule has 6 rings (SSSR count). The number of anilines is 1. The molecule has 13 nitrogen and oxygen atoms in total. The average molecular weight is 695 g/mol.